The van der Waals surface area contributed by atoms with E-state index in [0.29, 0.717) is 12.1 Å². The first-order valence-corrected chi connectivity index (χ1v) is 29.1. The molecule has 8 nitrogen and oxygen atoms in total. The lowest BCUT2D eigenvalue weighted by atomic mass is 9.77. The van der Waals surface area contributed by atoms with Crippen LogP contribution in [0.4, 0.5) is 17.8 Å². The van der Waals surface area contributed by atoms with Gasteiger partial charge in [0.05, 0.1) is 15.9 Å². The van der Waals surface area contributed by atoms with Crippen molar-refractivity contribution in [1.82, 2.24) is 24.8 Å². The van der Waals surface area contributed by atoms with E-state index in [0.717, 1.165) is 95.3 Å². The summed E-state index contributed by atoms with van der Waals surface area (Å²) in [5.74, 6) is 2.43. The summed E-state index contributed by atoms with van der Waals surface area (Å²) >= 11 is 0. The van der Waals surface area contributed by atoms with Crippen LogP contribution in [-0.4, -0.2) is 109 Å². The zero-order valence-corrected chi connectivity index (χ0v) is 41.5. The summed E-state index contributed by atoms with van der Waals surface area (Å²) < 4.78 is 0. The van der Waals surface area contributed by atoms with E-state index in [1.807, 2.05) is 0 Å². The lowest BCUT2D eigenvalue weighted by molar-refractivity contribution is -0.0130. The van der Waals surface area contributed by atoms with Gasteiger partial charge >= 0.3 is 0 Å². The molecule has 2 atom stereocenters. The second kappa shape index (κ2) is 18.9. The fraction of sp³-hybridized carbons (Fsp3) is 0.688. The minimum Gasteiger partial charge on any atom is -0.354 e. The van der Waals surface area contributed by atoms with Gasteiger partial charge in [0.15, 0.2) is 0 Å². The monoisotopic (exact) mass is 827 g/mol. The Kier molecular flexibility index (Phi) is 15.0. The van der Waals surface area contributed by atoms with E-state index in [-0.39, 0.29) is 22.2 Å². The SMILES string of the molecule is CCCCN(c1nc(NCCC[Si](C)(c2ccccc2)[SiH](C)c2ccccc2)nc(N(CCCC)C2CC(C)(C)N(C)C(C)(C)C2)n1)C1CC(C)(C)N(C)C(C)(C)C1. The number of hydrogen-bond acceptors (Lipinski definition) is 8. The summed E-state index contributed by atoms with van der Waals surface area (Å²) in [5, 5.41) is 7.02. The zero-order chi connectivity index (χ0) is 42.5. The van der Waals surface area contributed by atoms with Crippen LogP contribution in [0.25, 0.3) is 0 Å². The number of nitrogens with zero attached hydrogens (tertiary/aromatic N) is 7. The molecule has 58 heavy (non-hydrogen) atoms. The number of anilines is 3. The van der Waals surface area contributed by atoms with E-state index in [1.54, 1.807) is 10.4 Å². The molecule has 1 N–H and O–H groups in total. The highest BCUT2D eigenvalue weighted by Gasteiger charge is 2.47. The van der Waals surface area contributed by atoms with Crippen molar-refractivity contribution in [1.29, 1.82) is 0 Å². The Morgan fingerprint density at radius 1 is 0.655 bits per heavy atom. The van der Waals surface area contributed by atoms with Gasteiger partial charge in [0, 0.05) is 53.9 Å². The molecule has 1 aromatic heterocycles. The summed E-state index contributed by atoms with van der Waals surface area (Å²) in [7, 11) is 1.59. The van der Waals surface area contributed by atoms with Crippen molar-refractivity contribution in [2.24, 2.45) is 0 Å². The molecule has 0 saturated carbocycles. The molecule has 2 fully saturated rings. The van der Waals surface area contributed by atoms with Crippen molar-refractivity contribution in [2.75, 3.05) is 48.8 Å². The molecule has 2 saturated heterocycles. The lowest BCUT2D eigenvalue weighted by Crippen LogP contribution is -2.63. The Hall–Kier alpha value is -2.80. The van der Waals surface area contributed by atoms with Crippen molar-refractivity contribution in [3.8, 4) is 0 Å². The molecule has 0 aliphatic carbocycles. The average molecular weight is 827 g/mol. The van der Waals surface area contributed by atoms with Crippen LogP contribution >= 0.6 is 0 Å². The van der Waals surface area contributed by atoms with Gasteiger partial charge < -0.3 is 15.1 Å². The predicted molar refractivity (Wildman–Crippen MR) is 257 cm³/mol. The fourth-order valence-electron chi connectivity index (χ4n) is 10.5. The van der Waals surface area contributed by atoms with Gasteiger partial charge in [-0.1, -0.05) is 117 Å². The highest BCUT2D eigenvalue weighted by Crippen LogP contribution is 2.42. The van der Waals surface area contributed by atoms with Crippen molar-refractivity contribution >= 4 is 44.1 Å². The first-order chi connectivity index (χ1) is 27.3. The van der Waals surface area contributed by atoms with E-state index < -0.39 is 15.9 Å². The average Bonchev–Trinajstić information content (AvgIpc) is 3.18. The van der Waals surface area contributed by atoms with Crippen LogP contribution in [0.1, 0.15) is 127 Å². The van der Waals surface area contributed by atoms with E-state index in [9.17, 15) is 0 Å². The van der Waals surface area contributed by atoms with Gasteiger partial charge in [-0.15, -0.1) is 0 Å². The minimum atomic E-state index is -1.79. The third-order valence-corrected chi connectivity index (χ3v) is 29.9. The quantitative estimate of drug-likeness (QED) is 0.101. The number of likely N-dealkylation sites (tertiary alicyclic amines) is 2. The molecule has 0 spiro atoms. The minimum absolute atomic E-state index is 0.0573. The molecule has 10 heteroatoms. The van der Waals surface area contributed by atoms with E-state index in [2.05, 4.69) is 182 Å². The van der Waals surface area contributed by atoms with Gasteiger partial charge in [0.2, 0.25) is 17.8 Å². The van der Waals surface area contributed by atoms with E-state index in [1.165, 1.54) is 6.04 Å². The fourth-order valence-corrected chi connectivity index (χ4v) is 21.9. The number of hydrogen-bond donors (Lipinski definition) is 1. The summed E-state index contributed by atoms with van der Waals surface area (Å²) in [4.78, 5) is 26.7. The first-order valence-electron chi connectivity index (χ1n) is 22.9. The normalized spacial score (nSPS) is 21.3. The van der Waals surface area contributed by atoms with Crippen molar-refractivity contribution in [2.45, 2.75) is 180 Å². The molecule has 2 aromatic carbocycles. The molecule has 0 amide bonds. The third kappa shape index (κ3) is 10.6. The van der Waals surface area contributed by atoms with Crippen LogP contribution in [0.15, 0.2) is 60.7 Å². The van der Waals surface area contributed by atoms with E-state index >= 15 is 0 Å². The molecule has 3 aromatic rings. The molecule has 2 unspecified atom stereocenters. The molecular weight excluding hydrogens is 745 g/mol. The summed E-state index contributed by atoms with van der Waals surface area (Å²) in [6, 6.07) is 24.7. The molecular formula is C48H82N8Si2. The van der Waals surface area contributed by atoms with Gasteiger partial charge in [0.25, 0.3) is 0 Å². The van der Waals surface area contributed by atoms with Crippen molar-refractivity contribution < 1.29 is 0 Å². The summed E-state index contributed by atoms with van der Waals surface area (Å²) in [5.41, 5.74) is 0.229. The standard InChI is InChI=1S/C48H82N8Si2/c1-15-17-31-55(38-34-45(3,4)53(11)46(5,6)35-38)43-50-42(51-44(52-43)56(32-18-16-2)39-36-47(7,8)54(12)48(9,10)37-39)49-30-25-33-58(14,41-28-23-20-24-29-41)57(13)40-26-21-19-22-27-40/h19-24,26-29,38-39,57H,15-18,25,30-37H2,1-14H3,(H,49,50,51,52). The second-order valence-corrected chi connectivity index (χ2v) is 33.2. The van der Waals surface area contributed by atoms with Crippen LogP contribution in [0, 0.1) is 0 Å². The second-order valence-electron chi connectivity index (χ2n) is 20.8. The number of aromatic nitrogens is 3. The maximum absolute atomic E-state index is 5.56. The van der Waals surface area contributed by atoms with Crippen LogP contribution in [0.5, 0.6) is 0 Å². The highest BCUT2D eigenvalue weighted by atomic mass is 29.2. The third-order valence-electron chi connectivity index (χ3n) is 14.9. The Morgan fingerprint density at radius 3 is 1.48 bits per heavy atom. The molecule has 2 aliphatic heterocycles. The first kappa shape index (κ1) is 46.3. The van der Waals surface area contributed by atoms with E-state index in [4.69, 9.17) is 15.0 Å². The number of rotatable bonds is 18. The maximum atomic E-state index is 5.56. The molecule has 0 bridgehead atoms. The van der Waals surface area contributed by atoms with Crippen LogP contribution in [0.3, 0.4) is 0 Å². The Bertz CT molecular complexity index is 1630. The van der Waals surface area contributed by atoms with Gasteiger partial charge in [-0.25, -0.2) is 0 Å². The number of piperidine rings is 2. The Balaban J connectivity index is 1.53. The largest absolute Gasteiger partial charge is 0.354 e. The Labute approximate surface area is 357 Å². The molecule has 5 rings (SSSR count). The molecule has 322 valence electrons. The van der Waals surface area contributed by atoms with Gasteiger partial charge in [-0.05, 0) is 114 Å². The zero-order valence-electron chi connectivity index (χ0n) is 39.3. The Morgan fingerprint density at radius 2 is 1.07 bits per heavy atom. The highest BCUT2D eigenvalue weighted by molar-refractivity contribution is 7.42. The number of unbranched alkanes of at least 4 members (excludes halogenated alkanes) is 2. The topological polar surface area (TPSA) is 63.7 Å². The summed E-state index contributed by atoms with van der Waals surface area (Å²) in [6.45, 7) is 31.9. The summed E-state index contributed by atoms with van der Waals surface area (Å²) in [6.07, 6.45) is 9.87. The molecule has 0 radical (unpaired) electrons. The van der Waals surface area contributed by atoms with Crippen molar-refractivity contribution in [3.63, 3.8) is 0 Å². The molecule has 3 heterocycles. The number of benzene rings is 2. The van der Waals surface area contributed by atoms with Crippen LogP contribution < -0.4 is 25.5 Å². The van der Waals surface area contributed by atoms with Crippen LogP contribution in [0.2, 0.25) is 19.1 Å². The lowest BCUT2D eigenvalue weighted by Gasteiger charge is -2.56. The molecule has 2 aliphatic rings. The van der Waals surface area contributed by atoms with Crippen LogP contribution in [-0.2, 0) is 0 Å². The predicted octanol–water partition coefficient (Wildman–Crippen LogP) is 9.02. The number of nitrogens with one attached hydrogen (secondary N) is 1. The van der Waals surface area contributed by atoms with Gasteiger partial charge in [0.1, 0.15) is 0 Å². The van der Waals surface area contributed by atoms with Crippen molar-refractivity contribution in [3.05, 3.63) is 60.7 Å². The van der Waals surface area contributed by atoms with Gasteiger partial charge in [-0.2, -0.15) is 15.0 Å². The maximum Gasteiger partial charge on any atom is 0.232 e. The smallest absolute Gasteiger partial charge is 0.232 e. The van der Waals surface area contributed by atoms with Gasteiger partial charge in [-0.3, -0.25) is 9.80 Å².